The lowest BCUT2D eigenvalue weighted by Crippen LogP contribution is -1.96. The van der Waals surface area contributed by atoms with Gasteiger partial charge in [-0.05, 0) is 35.9 Å². The Kier molecular flexibility index (Phi) is 4.18. The number of methoxy groups -OCH3 is 2. The van der Waals surface area contributed by atoms with Gasteiger partial charge in [-0.25, -0.2) is 0 Å². The number of hydrogen-bond donors (Lipinski definition) is 0. The summed E-state index contributed by atoms with van der Waals surface area (Å²) in [6.07, 6.45) is 0.467. The zero-order valence-corrected chi connectivity index (χ0v) is 11.5. The average Bonchev–Trinajstić information content (AvgIpc) is 2.53. The van der Waals surface area contributed by atoms with Crippen LogP contribution < -0.4 is 9.47 Å². The van der Waals surface area contributed by atoms with Gasteiger partial charge >= 0.3 is 0 Å². The minimum atomic E-state index is -0.587. The summed E-state index contributed by atoms with van der Waals surface area (Å²) < 4.78 is 10.4. The number of aldehydes is 1. The summed E-state index contributed by atoms with van der Waals surface area (Å²) in [4.78, 5) is 21.3. The molecule has 0 unspecified atom stereocenters. The van der Waals surface area contributed by atoms with E-state index in [0.29, 0.717) is 28.9 Å². The lowest BCUT2D eigenvalue weighted by atomic mass is 10.0. The van der Waals surface area contributed by atoms with Gasteiger partial charge in [0.15, 0.2) is 6.29 Å². The predicted octanol–water partition coefficient (Wildman–Crippen LogP) is 3.09. The fourth-order valence-corrected chi connectivity index (χ4v) is 2.02. The van der Waals surface area contributed by atoms with Crippen molar-refractivity contribution in [1.29, 1.82) is 0 Å². The average molecular weight is 287 g/mol. The molecule has 0 aliphatic rings. The van der Waals surface area contributed by atoms with Crippen molar-refractivity contribution in [3.05, 3.63) is 52.1 Å². The van der Waals surface area contributed by atoms with E-state index in [1.54, 1.807) is 24.3 Å². The maximum atomic E-state index is 11.0. The fourth-order valence-electron chi connectivity index (χ4n) is 2.02. The molecule has 0 saturated carbocycles. The summed E-state index contributed by atoms with van der Waals surface area (Å²) in [6.45, 7) is 0. The first-order valence-corrected chi connectivity index (χ1v) is 6.06. The molecular formula is C15H13NO5. The van der Waals surface area contributed by atoms with E-state index >= 15 is 0 Å². The molecule has 0 aliphatic heterocycles. The number of ether oxygens (including phenoxy) is 2. The monoisotopic (exact) mass is 287 g/mol. The van der Waals surface area contributed by atoms with Crippen LogP contribution in [0.3, 0.4) is 0 Å². The summed E-state index contributed by atoms with van der Waals surface area (Å²) in [5.41, 5.74) is 1.12. The number of nitro groups is 1. The Morgan fingerprint density at radius 2 is 1.86 bits per heavy atom. The molecule has 0 aromatic heterocycles. The lowest BCUT2D eigenvalue weighted by Gasteiger charge is -2.11. The van der Waals surface area contributed by atoms with Crippen LogP contribution in [-0.2, 0) is 0 Å². The van der Waals surface area contributed by atoms with Crippen molar-refractivity contribution in [2.75, 3.05) is 14.2 Å². The van der Waals surface area contributed by atoms with Crippen LogP contribution in [0.15, 0.2) is 36.4 Å². The standard InChI is InChI=1S/C15H13NO5/c1-20-12-4-6-15(21-2)13(8-12)10-3-5-14(16(18)19)11(7-10)9-17/h3-9H,1-2H3. The molecule has 0 atom stereocenters. The largest absolute Gasteiger partial charge is 0.497 e. The highest BCUT2D eigenvalue weighted by molar-refractivity contribution is 5.86. The number of carbonyl (C=O) groups is 1. The Labute approximate surface area is 121 Å². The van der Waals surface area contributed by atoms with Crippen LogP contribution in [0.4, 0.5) is 5.69 Å². The normalized spacial score (nSPS) is 10.0. The highest BCUT2D eigenvalue weighted by atomic mass is 16.6. The van der Waals surface area contributed by atoms with Gasteiger partial charge in [0, 0.05) is 11.6 Å². The predicted molar refractivity (Wildman–Crippen MR) is 77.0 cm³/mol. The molecule has 0 N–H and O–H groups in total. The number of nitrogens with zero attached hydrogens (tertiary/aromatic N) is 1. The van der Waals surface area contributed by atoms with Gasteiger partial charge in [0.25, 0.3) is 5.69 Å². The van der Waals surface area contributed by atoms with Gasteiger partial charge in [-0.15, -0.1) is 0 Å². The lowest BCUT2D eigenvalue weighted by molar-refractivity contribution is -0.385. The van der Waals surface area contributed by atoms with Crippen molar-refractivity contribution in [1.82, 2.24) is 0 Å². The Morgan fingerprint density at radius 3 is 2.43 bits per heavy atom. The first-order chi connectivity index (χ1) is 10.1. The summed E-state index contributed by atoms with van der Waals surface area (Å²) in [6, 6.07) is 9.56. The molecule has 0 radical (unpaired) electrons. The minimum absolute atomic E-state index is 0.0161. The van der Waals surface area contributed by atoms with Crippen molar-refractivity contribution < 1.29 is 19.2 Å². The van der Waals surface area contributed by atoms with E-state index in [1.165, 1.54) is 26.4 Å². The van der Waals surface area contributed by atoms with Gasteiger partial charge in [-0.1, -0.05) is 0 Å². The van der Waals surface area contributed by atoms with Gasteiger partial charge in [-0.3, -0.25) is 14.9 Å². The van der Waals surface area contributed by atoms with Gasteiger partial charge in [0.2, 0.25) is 0 Å². The number of benzene rings is 2. The minimum Gasteiger partial charge on any atom is -0.497 e. The first kappa shape index (κ1) is 14.5. The van der Waals surface area contributed by atoms with Gasteiger partial charge < -0.3 is 9.47 Å². The van der Waals surface area contributed by atoms with Crippen LogP contribution in [0, 0.1) is 10.1 Å². The Hall–Kier alpha value is -2.89. The van der Waals surface area contributed by atoms with E-state index in [-0.39, 0.29) is 11.3 Å². The zero-order valence-electron chi connectivity index (χ0n) is 11.5. The smallest absolute Gasteiger partial charge is 0.279 e. The second-order valence-corrected chi connectivity index (χ2v) is 4.21. The van der Waals surface area contributed by atoms with Crippen LogP contribution >= 0.6 is 0 Å². The second kappa shape index (κ2) is 6.04. The molecule has 0 spiro atoms. The Bertz CT molecular complexity index is 696. The quantitative estimate of drug-likeness (QED) is 0.479. The molecule has 0 amide bonds. The van der Waals surface area contributed by atoms with Gasteiger partial charge in [0.1, 0.15) is 11.5 Å². The van der Waals surface area contributed by atoms with Crippen molar-refractivity contribution >= 4 is 12.0 Å². The molecule has 0 heterocycles. The van der Waals surface area contributed by atoms with E-state index in [0.717, 1.165) is 0 Å². The molecule has 2 aromatic rings. The molecule has 2 aromatic carbocycles. The van der Waals surface area contributed by atoms with Crippen LogP contribution in [0.25, 0.3) is 11.1 Å². The molecule has 6 nitrogen and oxygen atoms in total. The van der Waals surface area contributed by atoms with E-state index in [2.05, 4.69) is 0 Å². The topological polar surface area (TPSA) is 78.7 Å². The summed E-state index contributed by atoms with van der Waals surface area (Å²) in [5, 5.41) is 10.9. The number of rotatable bonds is 5. The van der Waals surface area contributed by atoms with Crippen LogP contribution in [-0.4, -0.2) is 25.4 Å². The first-order valence-electron chi connectivity index (χ1n) is 6.06. The number of hydrogen-bond acceptors (Lipinski definition) is 5. The molecule has 108 valence electrons. The Balaban J connectivity index is 2.61. The highest BCUT2D eigenvalue weighted by Gasteiger charge is 2.16. The van der Waals surface area contributed by atoms with E-state index < -0.39 is 4.92 Å². The van der Waals surface area contributed by atoms with Crippen molar-refractivity contribution in [3.63, 3.8) is 0 Å². The number of nitro benzene ring substituents is 1. The van der Waals surface area contributed by atoms with Crippen LogP contribution in [0.1, 0.15) is 10.4 Å². The van der Waals surface area contributed by atoms with Crippen molar-refractivity contribution in [2.24, 2.45) is 0 Å². The fraction of sp³-hybridized carbons (Fsp3) is 0.133. The van der Waals surface area contributed by atoms with E-state index in [9.17, 15) is 14.9 Å². The maximum Gasteiger partial charge on any atom is 0.279 e. The SMILES string of the molecule is COc1ccc(OC)c(-c2ccc([N+](=O)[O-])c(C=O)c2)c1. The zero-order chi connectivity index (χ0) is 15.4. The third-order valence-electron chi connectivity index (χ3n) is 3.07. The Morgan fingerprint density at radius 1 is 1.10 bits per heavy atom. The molecule has 0 aliphatic carbocycles. The van der Waals surface area contributed by atoms with Crippen LogP contribution in [0.2, 0.25) is 0 Å². The van der Waals surface area contributed by atoms with E-state index in [1.807, 2.05) is 0 Å². The van der Waals surface area contributed by atoms with Crippen molar-refractivity contribution in [2.45, 2.75) is 0 Å². The number of carbonyl (C=O) groups excluding carboxylic acids is 1. The second-order valence-electron chi connectivity index (χ2n) is 4.21. The molecule has 2 rings (SSSR count). The molecule has 0 fully saturated rings. The third-order valence-corrected chi connectivity index (χ3v) is 3.07. The molecule has 0 saturated heterocycles. The maximum absolute atomic E-state index is 11.0. The molecule has 6 heteroatoms. The summed E-state index contributed by atoms with van der Waals surface area (Å²) in [5.74, 6) is 1.21. The third kappa shape index (κ3) is 2.84. The summed E-state index contributed by atoms with van der Waals surface area (Å²) in [7, 11) is 3.07. The highest BCUT2D eigenvalue weighted by Crippen LogP contribution is 2.35. The molecule has 21 heavy (non-hydrogen) atoms. The van der Waals surface area contributed by atoms with Crippen LogP contribution in [0.5, 0.6) is 11.5 Å². The molecule has 0 bridgehead atoms. The van der Waals surface area contributed by atoms with E-state index in [4.69, 9.17) is 9.47 Å². The van der Waals surface area contributed by atoms with Crippen molar-refractivity contribution in [3.8, 4) is 22.6 Å². The van der Waals surface area contributed by atoms with Gasteiger partial charge in [-0.2, -0.15) is 0 Å². The molecular weight excluding hydrogens is 274 g/mol. The summed E-state index contributed by atoms with van der Waals surface area (Å²) >= 11 is 0. The van der Waals surface area contributed by atoms with Gasteiger partial charge in [0.05, 0.1) is 24.7 Å².